The van der Waals surface area contributed by atoms with E-state index in [0.717, 1.165) is 17.3 Å². The fourth-order valence-corrected chi connectivity index (χ4v) is 2.55. The first-order chi connectivity index (χ1) is 13.4. The molecule has 0 aliphatic rings. The van der Waals surface area contributed by atoms with Crippen molar-refractivity contribution in [1.29, 1.82) is 0 Å². The topological polar surface area (TPSA) is 132 Å². The van der Waals surface area contributed by atoms with Gasteiger partial charge in [-0.15, -0.1) is 5.10 Å². The second kappa shape index (κ2) is 7.66. The molecule has 0 aliphatic carbocycles. The Hall–Kier alpha value is -4.08. The highest BCUT2D eigenvalue weighted by atomic mass is 16.6. The molecule has 0 spiro atoms. The second-order valence-corrected chi connectivity index (χ2v) is 5.99. The van der Waals surface area contributed by atoms with Crippen LogP contribution in [0.2, 0.25) is 0 Å². The second-order valence-electron chi connectivity index (χ2n) is 5.99. The van der Waals surface area contributed by atoms with E-state index < -0.39 is 16.7 Å². The number of nitrogens with zero attached hydrogens (tertiary/aromatic N) is 4. The summed E-state index contributed by atoms with van der Waals surface area (Å²) in [6, 6.07) is 12.7. The summed E-state index contributed by atoms with van der Waals surface area (Å²) in [7, 11) is 0. The van der Waals surface area contributed by atoms with E-state index in [1.807, 2.05) is 31.2 Å². The summed E-state index contributed by atoms with van der Waals surface area (Å²) in [6.45, 7) is 3.62. The van der Waals surface area contributed by atoms with Crippen LogP contribution in [0, 0.1) is 24.0 Å². The highest BCUT2D eigenvalue weighted by molar-refractivity contribution is 5.98. The third-order valence-corrected chi connectivity index (χ3v) is 3.96. The van der Waals surface area contributed by atoms with Gasteiger partial charge < -0.3 is 0 Å². The third-order valence-electron chi connectivity index (χ3n) is 3.96. The summed E-state index contributed by atoms with van der Waals surface area (Å²) >= 11 is 0. The number of carbonyl (C=O) groups excluding carboxylic acids is 2. The van der Waals surface area contributed by atoms with Gasteiger partial charge in [0.05, 0.1) is 16.3 Å². The molecule has 28 heavy (non-hydrogen) atoms. The van der Waals surface area contributed by atoms with E-state index in [1.165, 1.54) is 22.9 Å². The number of non-ortho nitro benzene ring substituents is 1. The molecule has 0 fully saturated rings. The van der Waals surface area contributed by atoms with Crippen molar-refractivity contribution in [2.45, 2.75) is 13.8 Å². The molecule has 1 aromatic heterocycles. The molecule has 10 heteroatoms. The minimum atomic E-state index is -0.694. The third kappa shape index (κ3) is 3.85. The zero-order chi connectivity index (χ0) is 20.3. The Kier molecular flexibility index (Phi) is 5.12. The van der Waals surface area contributed by atoms with Crippen LogP contribution in [0.25, 0.3) is 5.69 Å². The Labute approximate surface area is 159 Å². The van der Waals surface area contributed by atoms with Gasteiger partial charge in [0, 0.05) is 17.7 Å². The molecule has 2 aromatic carbocycles. The van der Waals surface area contributed by atoms with Gasteiger partial charge in [0.1, 0.15) is 0 Å². The predicted octanol–water partition coefficient (Wildman–Crippen LogP) is 1.87. The molecular formula is C18H16N6O4. The van der Waals surface area contributed by atoms with Crippen molar-refractivity contribution in [3.63, 3.8) is 0 Å². The van der Waals surface area contributed by atoms with E-state index in [1.54, 1.807) is 6.92 Å². The highest BCUT2D eigenvalue weighted by Gasteiger charge is 2.19. The Balaban J connectivity index is 1.71. The molecule has 3 aromatic rings. The summed E-state index contributed by atoms with van der Waals surface area (Å²) in [4.78, 5) is 34.6. The number of hydrazine groups is 1. The lowest BCUT2D eigenvalue weighted by Gasteiger charge is -2.07. The van der Waals surface area contributed by atoms with E-state index in [9.17, 15) is 19.7 Å². The van der Waals surface area contributed by atoms with E-state index in [-0.39, 0.29) is 16.9 Å². The molecule has 0 aliphatic heterocycles. The first kappa shape index (κ1) is 18.7. The largest absolute Gasteiger partial charge is 0.292 e. The van der Waals surface area contributed by atoms with Crippen LogP contribution in [-0.4, -0.2) is 31.7 Å². The normalized spacial score (nSPS) is 10.4. The Morgan fingerprint density at radius 2 is 1.75 bits per heavy atom. The van der Waals surface area contributed by atoms with Gasteiger partial charge >= 0.3 is 0 Å². The Morgan fingerprint density at radius 3 is 2.46 bits per heavy atom. The molecule has 2 N–H and O–H groups in total. The van der Waals surface area contributed by atoms with Crippen LogP contribution in [0.4, 0.5) is 5.69 Å². The number of carbonyl (C=O) groups is 2. The zero-order valence-corrected chi connectivity index (χ0v) is 15.0. The van der Waals surface area contributed by atoms with Gasteiger partial charge in [-0.2, -0.15) is 0 Å². The van der Waals surface area contributed by atoms with Gasteiger partial charge in [0.15, 0.2) is 5.69 Å². The summed E-state index contributed by atoms with van der Waals surface area (Å²) < 4.78 is 1.52. The SMILES string of the molecule is Cc1cccc(-n2nnc(C(=O)NNC(=O)c3cccc([N+](=O)[O-])c3)c2C)c1. The molecule has 0 bridgehead atoms. The van der Waals surface area contributed by atoms with Gasteiger partial charge in [-0.3, -0.25) is 30.6 Å². The molecule has 0 atom stereocenters. The fraction of sp³-hybridized carbons (Fsp3) is 0.111. The Bertz CT molecular complexity index is 1080. The standard InChI is InChI=1S/C18H16N6O4/c1-11-5-3-7-14(9-11)23-12(2)16(19-22-23)18(26)21-20-17(25)13-6-4-8-15(10-13)24(27)28/h3-10H,1-2H3,(H,20,25)(H,21,26). The van der Waals surface area contributed by atoms with E-state index >= 15 is 0 Å². The number of aryl methyl sites for hydroxylation is 1. The van der Waals surface area contributed by atoms with Crippen LogP contribution in [-0.2, 0) is 0 Å². The van der Waals surface area contributed by atoms with Crippen LogP contribution in [0.1, 0.15) is 32.1 Å². The van der Waals surface area contributed by atoms with Gasteiger partial charge in [-0.1, -0.05) is 23.4 Å². The van der Waals surface area contributed by atoms with Crippen LogP contribution < -0.4 is 10.9 Å². The van der Waals surface area contributed by atoms with E-state index in [4.69, 9.17) is 0 Å². The number of hydrogen-bond acceptors (Lipinski definition) is 6. The maximum Gasteiger partial charge on any atom is 0.292 e. The average Bonchev–Trinajstić information content (AvgIpc) is 3.07. The molecule has 1 heterocycles. The maximum atomic E-state index is 12.3. The summed E-state index contributed by atoms with van der Waals surface area (Å²) in [6.07, 6.45) is 0. The van der Waals surface area contributed by atoms with Crippen LogP contribution in [0.15, 0.2) is 48.5 Å². The summed E-state index contributed by atoms with van der Waals surface area (Å²) in [5.41, 5.74) is 6.58. The molecule has 3 rings (SSSR count). The lowest BCUT2D eigenvalue weighted by Crippen LogP contribution is -2.42. The number of benzene rings is 2. The van der Waals surface area contributed by atoms with Crippen molar-refractivity contribution >= 4 is 17.5 Å². The minimum Gasteiger partial charge on any atom is -0.267 e. The van der Waals surface area contributed by atoms with Crippen molar-refractivity contribution < 1.29 is 14.5 Å². The number of nitro groups is 1. The van der Waals surface area contributed by atoms with Crippen LogP contribution in [0.3, 0.4) is 0 Å². The lowest BCUT2D eigenvalue weighted by molar-refractivity contribution is -0.384. The highest BCUT2D eigenvalue weighted by Crippen LogP contribution is 2.14. The molecule has 0 saturated carbocycles. The number of aromatic nitrogens is 3. The van der Waals surface area contributed by atoms with Crippen molar-refractivity contribution in [1.82, 2.24) is 25.8 Å². The van der Waals surface area contributed by atoms with Crippen molar-refractivity contribution in [3.05, 3.63) is 81.2 Å². The van der Waals surface area contributed by atoms with Gasteiger partial charge in [0.2, 0.25) is 0 Å². The molecule has 10 nitrogen and oxygen atoms in total. The van der Waals surface area contributed by atoms with E-state index in [2.05, 4.69) is 21.2 Å². The first-order valence-electron chi connectivity index (χ1n) is 8.21. The fourth-order valence-electron chi connectivity index (χ4n) is 2.55. The zero-order valence-electron chi connectivity index (χ0n) is 15.0. The minimum absolute atomic E-state index is 0.0367. The van der Waals surface area contributed by atoms with Gasteiger partial charge in [-0.25, -0.2) is 4.68 Å². The van der Waals surface area contributed by atoms with Crippen molar-refractivity contribution in [2.24, 2.45) is 0 Å². The molecule has 142 valence electrons. The number of rotatable bonds is 4. The first-order valence-corrected chi connectivity index (χ1v) is 8.21. The molecule has 0 saturated heterocycles. The van der Waals surface area contributed by atoms with Crippen LogP contribution >= 0.6 is 0 Å². The Morgan fingerprint density at radius 1 is 1.04 bits per heavy atom. The monoisotopic (exact) mass is 380 g/mol. The number of amides is 2. The molecule has 0 radical (unpaired) electrons. The van der Waals surface area contributed by atoms with Crippen molar-refractivity contribution in [2.75, 3.05) is 0 Å². The van der Waals surface area contributed by atoms with Gasteiger partial charge in [0.25, 0.3) is 17.5 Å². The smallest absolute Gasteiger partial charge is 0.267 e. The quantitative estimate of drug-likeness (QED) is 0.524. The van der Waals surface area contributed by atoms with Crippen molar-refractivity contribution in [3.8, 4) is 5.69 Å². The van der Waals surface area contributed by atoms with Crippen LogP contribution in [0.5, 0.6) is 0 Å². The van der Waals surface area contributed by atoms with Gasteiger partial charge in [-0.05, 0) is 37.6 Å². The molecule has 0 unspecified atom stereocenters. The molecule has 2 amide bonds. The number of nitrogens with one attached hydrogen (secondary N) is 2. The summed E-state index contributed by atoms with van der Waals surface area (Å²) in [5, 5.41) is 18.6. The maximum absolute atomic E-state index is 12.3. The number of hydrogen-bond donors (Lipinski definition) is 2. The average molecular weight is 380 g/mol. The number of nitro benzene ring substituents is 1. The predicted molar refractivity (Wildman–Crippen MR) is 98.9 cm³/mol. The molecular weight excluding hydrogens is 364 g/mol. The lowest BCUT2D eigenvalue weighted by atomic mass is 10.2. The van der Waals surface area contributed by atoms with E-state index in [0.29, 0.717) is 5.69 Å². The summed E-state index contributed by atoms with van der Waals surface area (Å²) in [5.74, 6) is -1.35.